The van der Waals surface area contributed by atoms with Crippen molar-refractivity contribution in [3.8, 4) is 0 Å². The van der Waals surface area contributed by atoms with Gasteiger partial charge in [0.1, 0.15) is 0 Å². The number of carbonyl (C=O) groups is 1. The summed E-state index contributed by atoms with van der Waals surface area (Å²) in [7, 11) is 3.20. The lowest BCUT2D eigenvalue weighted by Gasteiger charge is -2.27. The predicted octanol–water partition coefficient (Wildman–Crippen LogP) is 0.396. The molecule has 0 bridgehead atoms. The smallest absolute Gasteiger partial charge is 0.319 e. The summed E-state index contributed by atoms with van der Waals surface area (Å²) in [5, 5.41) is 10.1. The van der Waals surface area contributed by atoms with E-state index in [0.717, 1.165) is 25.7 Å². The van der Waals surface area contributed by atoms with Gasteiger partial charge in [0.15, 0.2) is 0 Å². The lowest BCUT2D eigenvalue weighted by molar-refractivity contribution is -0.142. The fourth-order valence-electron chi connectivity index (χ4n) is 2.03. The lowest BCUT2D eigenvalue weighted by Crippen LogP contribution is -2.41. The van der Waals surface area contributed by atoms with Gasteiger partial charge in [-0.05, 0) is 19.9 Å². The van der Waals surface area contributed by atoms with Crippen LogP contribution in [-0.2, 0) is 9.53 Å². The number of methoxy groups -OCH3 is 1. The van der Waals surface area contributed by atoms with E-state index in [9.17, 15) is 9.90 Å². The SMILES string of the molecule is COC(=O)CN(C)CC1(O)CCCC1. The number of nitrogens with zero attached hydrogens (tertiary/aromatic N) is 1. The molecule has 82 valence electrons. The molecule has 0 aromatic heterocycles. The van der Waals surface area contributed by atoms with Gasteiger partial charge in [-0.15, -0.1) is 0 Å². The van der Waals surface area contributed by atoms with Crippen molar-refractivity contribution in [2.45, 2.75) is 31.3 Å². The second-order valence-corrected chi connectivity index (χ2v) is 4.18. The van der Waals surface area contributed by atoms with Gasteiger partial charge in [0.2, 0.25) is 0 Å². The third kappa shape index (κ3) is 3.27. The highest BCUT2D eigenvalue weighted by molar-refractivity contribution is 5.71. The van der Waals surface area contributed by atoms with Crippen molar-refractivity contribution >= 4 is 5.97 Å². The molecule has 1 saturated carbocycles. The largest absolute Gasteiger partial charge is 0.468 e. The summed E-state index contributed by atoms with van der Waals surface area (Å²) >= 11 is 0. The molecule has 1 rings (SSSR count). The Bertz CT molecular complexity index is 200. The van der Waals surface area contributed by atoms with E-state index in [1.165, 1.54) is 7.11 Å². The zero-order valence-corrected chi connectivity index (χ0v) is 8.95. The van der Waals surface area contributed by atoms with E-state index >= 15 is 0 Å². The number of likely N-dealkylation sites (N-methyl/N-ethyl adjacent to an activating group) is 1. The monoisotopic (exact) mass is 201 g/mol. The first kappa shape index (κ1) is 11.5. The molecule has 0 saturated heterocycles. The second-order valence-electron chi connectivity index (χ2n) is 4.18. The van der Waals surface area contributed by atoms with Gasteiger partial charge < -0.3 is 9.84 Å². The Morgan fingerprint density at radius 3 is 2.57 bits per heavy atom. The molecule has 0 unspecified atom stereocenters. The maximum absolute atomic E-state index is 11.0. The van der Waals surface area contributed by atoms with Gasteiger partial charge in [0.25, 0.3) is 0 Å². The van der Waals surface area contributed by atoms with Crippen molar-refractivity contribution in [1.29, 1.82) is 0 Å². The van der Waals surface area contributed by atoms with Gasteiger partial charge in [-0.2, -0.15) is 0 Å². The van der Waals surface area contributed by atoms with Crippen molar-refractivity contribution in [3.05, 3.63) is 0 Å². The van der Waals surface area contributed by atoms with Crippen LogP contribution < -0.4 is 0 Å². The number of hydrogen-bond acceptors (Lipinski definition) is 4. The zero-order valence-electron chi connectivity index (χ0n) is 8.95. The van der Waals surface area contributed by atoms with Crippen LogP contribution in [0.1, 0.15) is 25.7 Å². The van der Waals surface area contributed by atoms with Gasteiger partial charge >= 0.3 is 5.97 Å². The molecule has 0 atom stereocenters. The Balaban J connectivity index is 2.32. The molecule has 1 fully saturated rings. The number of aliphatic hydroxyl groups is 1. The highest BCUT2D eigenvalue weighted by Crippen LogP contribution is 2.29. The summed E-state index contributed by atoms with van der Waals surface area (Å²) in [6, 6.07) is 0. The number of rotatable bonds is 4. The molecule has 0 spiro atoms. The molecule has 1 N–H and O–H groups in total. The van der Waals surface area contributed by atoms with Gasteiger partial charge in [-0.3, -0.25) is 9.69 Å². The summed E-state index contributed by atoms with van der Waals surface area (Å²) < 4.78 is 4.56. The van der Waals surface area contributed by atoms with Crippen molar-refractivity contribution in [2.24, 2.45) is 0 Å². The van der Waals surface area contributed by atoms with Crippen LogP contribution in [0, 0.1) is 0 Å². The minimum Gasteiger partial charge on any atom is -0.468 e. The molecule has 0 aromatic rings. The van der Waals surface area contributed by atoms with Gasteiger partial charge in [0.05, 0.1) is 19.3 Å². The number of esters is 1. The minimum absolute atomic E-state index is 0.249. The molecular formula is C10H19NO3. The van der Waals surface area contributed by atoms with Crippen LogP contribution in [0.3, 0.4) is 0 Å². The van der Waals surface area contributed by atoms with E-state index in [2.05, 4.69) is 4.74 Å². The summed E-state index contributed by atoms with van der Waals surface area (Å²) in [6.45, 7) is 0.806. The van der Waals surface area contributed by atoms with E-state index in [1.807, 2.05) is 11.9 Å². The Kier molecular flexibility index (Phi) is 3.89. The lowest BCUT2D eigenvalue weighted by atomic mass is 10.0. The van der Waals surface area contributed by atoms with Crippen molar-refractivity contribution in [1.82, 2.24) is 4.90 Å². The molecular weight excluding hydrogens is 182 g/mol. The predicted molar refractivity (Wildman–Crippen MR) is 52.9 cm³/mol. The fourth-order valence-corrected chi connectivity index (χ4v) is 2.03. The van der Waals surface area contributed by atoms with Crippen LogP contribution in [0.2, 0.25) is 0 Å². The van der Waals surface area contributed by atoms with Gasteiger partial charge in [0, 0.05) is 6.54 Å². The molecule has 4 nitrogen and oxygen atoms in total. The Morgan fingerprint density at radius 1 is 1.50 bits per heavy atom. The molecule has 0 aliphatic heterocycles. The van der Waals surface area contributed by atoms with Gasteiger partial charge in [-0.25, -0.2) is 0 Å². The van der Waals surface area contributed by atoms with Crippen LogP contribution in [0.4, 0.5) is 0 Å². The van der Waals surface area contributed by atoms with Crippen molar-refractivity contribution < 1.29 is 14.6 Å². The Labute approximate surface area is 84.8 Å². The van der Waals surface area contributed by atoms with Crippen LogP contribution in [0.5, 0.6) is 0 Å². The topological polar surface area (TPSA) is 49.8 Å². The average molecular weight is 201 g/mol. The maximum Gasteiger partial charge on any atom is 0.319 e. The van der Waals surface area contributed by atoms with Gasteiger partial charge in [-0.1, -0.05) is 12.8 Å². The summed E-state index contributed by atoms with van der Waals surface area (Å²) in [6.07, 6.45) is 3.86. The first-order valence-corrected chi connectivity index (χ1v) is 5.03. The van der Waals surface area contributed by atoms with Crippen molar-refractivity contribution in [2.75, 3.05) is 27.2 Å². The first-order valence-electron chi connectivity index (χ1n) is 5.03. The molecule has 0 radical (unpaired) electrons. The standard InChI is InChI=1S/C10H19NO3/c1-11(7-9(12)14-2)8-10(13)5-3-4-6-10/h13H,3-8H2,1-2H3. The number of hydrogen-bond donors (Lipinski definition) is 1. The van der Waals surface area contributed by atoms with E-state index in [-0.39, 0.29) is 12.5 Å². The average Bonchev–Trinajstić information content (AvgIpc) is 2.51. The van der Waals surface area contributed by atoms with E-state index in [1.54, 1.807) is 0 Å². The number of carbonyl (C=O) groups excluding carboxylic acids is 1. The Morgan fingerprint density at radius 2 is 2.07 bits per heavy atom. The quantitative estimate of drug-likeness (QED) is 0.669. The maximum atomic E-state index is 11.0. The van der Waals surface area contributed by atoms with Crippen molar-refractivity contribution in [3.63, 3.8) is 0 Å². The summed E-state index contributed by atoms with van der Waals surface area (Å²) in [5.74, 6) is -0.255. The Hall–Kier alpha value is -0.610. The third-order valence-electron chi connectivity index (χ3n) is 2.73. The van der Waals surface area contributed by atoms with Crippen LogP contribution in [-0.4, -0.2) is 48.8 Å². The molecule has 0 heterocycles. The van der Waals surface area contributed by atoms with Crippen LogP contribution in [0.25, 0.3) is 0 Å². The van der Waals surface area contributed by atoms with E-state index < -0.39 is 5.60 Å². The van der Waals surface area contributed by atoms with E-state index in [4.69, 9.17) is 0 Å². The highest BCUT2D eigenvalue weighted by Gasteiger charge is 2.32. The molecule has 0 amide bonds. The molecule has 1 aliphatic rings. The zero-order chi connectivity index (χ0) is 10.6. The fraction of sp³-hybridized carbons (Fsp3) is 0.900. The molecule has 0 aromatic carbocycles. The van der Waals surface area contributed by atoms with Crippen LogP contribution in [0.15, 0.2) is 0 Å². The van der Waals surface area contributed by atoms with Crippen LogP contribution >= 0.6 is 0 Å². The molecule has 14 heavy (non-hydrogen) atoms. The molecule has 4 heteroatoms. The number of ether oxygens (including phenoxy) is 1. The molecule has 1 aliphatic carbocycles. The van der Waals surface area contributed by atoms with E-state index in [0.29, 0.717) is 6.54 Å². The highest BCUT2D eigenvalue weighted by atomic mass is 16.5. The minimum atomic E-state index is -0.581. The third-order valence-corrected chi connectivity index (χ3v) is 2.73. The second kappa shape index (κ2) is 4.75. The summed E-state index contributed by atoms with van der Waals surface area (Å²) in [4.78, 5) is 12.8. The normalized spacial score (nSPS) is 20.0. The summed E-state index contributed by atoms with van der Waals surface area (Å²) in [5.41, 5.74) is -0.581. The first-order chi connectivity index (χ1) is 6.56.